The molecule has 2 heterocycles. The summed E-state index contributed by atoms with van der Waals surface area (Å²) in [4.78, 5) is 39.9. The maximum absolute atomic E-state index is 11.7. The molecule has 0 saturated carbocycles. The summed E-state index contributed by atoms with van der Waals surface area (Å²) in [6.07, 6.45) is 0.534. The van der Waals surface area contributed by atoms with Crippen LogP contribution in [0.3, 0.4) is 0 Å². The summed E-state index contributed by atoms with van der Waals surface area (Å²) in [5.41, 5.74) is 0.0125. The zero-order chi connectivity index (χ0) is 12.7. The zero-order valence-electron chi connectivity index (χ0n) is 9.06. The number of carbonyl (C=O) groups excluding carboxylic acids is 1. The second kappa shape index (κ2) is 3.59. The molecule has 0 spiro atoms. The number of H-pyrrole nitrogens is 2. The van der Waals surface area contributed by atoms with Gasteiger partial charge in [-0.15, -0.1) is 0 Å². The molecule has 18 heavy (non-hydrogen) atoms. The van der Waals surface area contributed by atoms with Gasteiger partial charge in [0.2, 0.25) is 6.41 Å². The van der Waals surface area contributed by atoms with Crippen molar-refractivity contribution in [2.24, 2.45) is 0 Å². The van der Waals surface area contributed by atoms with Crippen LogP contribution in [0.25, 0.3) is 0 Å². The molecule has 0 bridgehead atoms. The molecule has 0 atom stereocenters. The summed E-state index contributed by atoms with van der Waals surface area (Å²) in [6, 6.07) is 6.98. The molecule has 1 aliphatic heterocycles. The van der Waals surface area contributed by atoms with Gasteiger partial charge in [-0.3, -0.25) is 24.5 Å². The maximum Gasteiger partial charge on any atom is 0.327 e. The third kappa shape index (κ3) is 1.34. The van der Waals surface area contributed by atoms with E-state index in [9.17, 15) is 14.4 Å². The number of para-hydroxylation sites is 2. The second-order valence-electron chi connectivity index (χ2n) is 3.75. The molecule has 0 unspecified atom stereocenters. The minimum Gasteiger partial charge on any atom is -0.338 e. The Labute approximate surface area is 100 Å². The van der Waals surface area contributed by atoms with Crippen molar-refractivity contribution >= 4 is 29.3 Å². The number of aromatic amines is 2. The Morgan fingerprint density at radius 2 is 1.89 bits per heavy atom. The van der Waals surface area contributed by atoms with Crippen LogP contribution in [0.1, 0.15) is 0 Å². The Hall–Kier alpha value is -2.83. The molecule has 3 N–H and O–H groups in total. The van der Waals surface area contributed by atoms with E-state index in [1.807, 2.05) is 0 Å². The highest BCUT2D eigenvalue weighted by atomic mass is 16.2. The van der Waals surface area contributed by atoms with E-state index in [1.165, 1.54) is 4.90 Å². The summed E-state index contributed by atoms with van der Waals surface area (Å²) < 4.78 is 0. The van der Waals surface area contributed by atoms with Crippen LogP contribution in [0, 0.1) is 0 Å². The molecule has 3 rings (SSSR count). The molecule has 7 nitrogen and oxygen atoms in total. The first-order chi connectivity index (χ1) is 8.70. The predicted octanol–water partition coefficient (Wildman–Crippen LogP) is 0.415. The number of nitrogens with zero attached hydrogens (tertiary/aromatic N) is 1. The van der Waals surface area contributed by atoms with Crippen molar-refractivity contribution in [3.63, 3.8) is 0 Å². The summed E-state index contributed by atoms with van der Waals surface area (Å²) in [7, 11) is 0. The van der Waals surface area contributed by atoms with E-state index >= 15 is 0 Å². The number of hydrogen-bond acceptors (Lipinski definition) is 4. The Morgan fingerprint density at radius 1 is 1.11 bits per heavy atom. The Bertz CT molecular complexity index is 746. The van der Waals surface area contributed by atoms with Crippen LogP contribution in [0.5, 0.6) is 0 Å². The van der Waals surface area contributed by atoms with Gasteiger partial charge in [-0.2, -0.15) is 0 Å². The molecule has 0 aliphatic carbocycles. The number of rotatable bonds is 1. The van der Waals surface area contributed by atoms with Gasteiger partial charge < -0.3 is 5.32 Å². The fraction of sp³-hybridized carbons (Fsp3) is 0. The smallest absolute Gasteiger partial charge is 0.327 e. The minimum atomic E-state index is -0.628. The standard InChI is InChI=1S/C11H8N4O3/c16-5-15-7-4-2-1-3-6(7)12-9-8(15)10(17)14-11(18)13-9/h1-5H,(H3,12,13,14,17,18). The van der Waals surface area contributed by atoms with Crippen LogP contribution >= 0.6 is 0 Å². The molecule has 90 valence electrons. The molecule has 0 fully saturated rings. The molecule has 1 aromatic heterocycles. The first kappa shape index (κ1) is 10.3. The highest BCUT2D eigenvalue weighted by Gasteiger charge is 2.25. The van der Waals surface area contributed by atoms with Crippen molar-refractivity contribution in [2.45, 2.75) is 0 Å². The number of aromatic nitrogens is 2. The van der Waals surface area contributed by atoms with E-state index in [1.54, 1.807) is 24.3 Å². The predicted molar refractivity (Wildman–Crippen MR) is 65.6 cm³/mol. The Balaban J connectivity index is 2.34. The third-order valence-corrected chi connectivity index (χ3v) is 2.69. The number of benzene rings is 1. The van der Waals surface area contributed by atoms with Gasteiger partial charge in [0.1, 0.15) is 5.82 Å². The normalized spacial score (nSPS) is 12.3. The third-order valence-electron chi connectivity index (χ3n) is 2.69. The second-order valence-corrected chi connectivity index (χ2v) is 3.75. The van der Waals surface area contributed by atoms with Crippen LogP contribution in [0.15, 0.2) is 33.9 Å². The zero-order valence-corrected chi connectivity index (χ0v) is 9.06. The van der Waals surface area contributed by atoms with Gasteiger partial charge in [-0.05, 0) is 12.1 Å². The number of fused-ring (bicyclic) bond motifs is 2. The highest BCUT2D eigenvalue weighted by Crippen LogP contribution is 2.38. The van der Waals surface area contributed by atoms with Gasteiger partial charge in [0.25, 0.3) is 5.56 Å². The lowest BCUT2D eigenvalue weighted by atomic mass is 10.2. The number of carbonyl (C=O) groups is 1. The average molecular weight is 244 g/mol. The van der Waals surface area contributed by atoms with Gasteiger partial charge in [-0.25, -0.2) is 4.79 Å². The maximum atomic E-state index is 11.7. The molecular weight excluding hydrogens is 236 g/mol. The Kier molecular flexibility index (Phi) is 2.06. The van der Waals surface area contributed by atoms with Crippen molar-refractivity contribution in [1.29, 1.82) is 0 Å². The average Bonchev–Trinajstić information content (AvgIpc) is 2.35. The summed E-state index contributed by atoms with van der Waals surface area (Å²) in [5.74, 6) is 0.203. The molecule has 2 aromatic rings. The van der Waals surface area contributed by atoms with Crippen molar-refractivity contribution in [3.8, 4) is 0 Å². The highest BCUT2D eigenvalue weighted by molar-refractivity contribution is 5.99. The van der Waals surface area contributed by atoms with Crippen molar-refractivity contribution in [3.05, 3.63) is 45.1 Å². The quantitative estimate of drug-likeness (QED) is 0.633. The van der Waals surface area contributed by atoms with Crippen LogP contribution in [0.2, 0.25) is 0 Å². The molecule has 0 saturated heterocycles. The van der Waals surface area contributed by atoms with Gasteiger partial charge >= 0.3 is 5.69 Å². The fourth-order valence-electron chi connectivity index (χ4n) is 1.95. The summed E-state index contributed by atoms with van der Waals surface area (Å²) in [6.45, 7) is 0. The van der Waals surface area contributed by atoms with E-state index in [0.717, 1.165) is 0 Å². The van der Waals surface area contributed by atoms with E-state index < -0.39 is 11.2 Å². The molecule has 7 heteroatoms. The summed E-state index contributed by atoms with van der Waals surface area (Å²) >= 11 is 0. The monoisotopic (exact) mass is 244 g/mol. The SMILES string of the molecule is O=CN1c2ccccc2Nc2[nH]c(=O)[nH]c(=O)c21. The van der Waals surface area contributed by atoms with Gasteiger partial charge in [0.15, 0.2) is 5.69 Å². The number of anilines is 4. The molecule has 1 amide bonds. The number of amides is 1. The van der Waals surface area contributed by atoms with Gasteiger partial charge in [-0.1, -0.05) is 12.1 Å². The number of nitrogens with one attached hydrogen (secondary N) is 3. The van der Waals surface area contributed by atoms with Crippen LogP contribution in [-0.2, 0) is 4.79 Å². The van der Waals surface area contributed by atoms with E-state index in [4.69, 9.17) is 0 Å². The van der Waals surface area contributed by atoms with Crippen LogP contribution in [0.4, 0.5) is 22.9 Å². The van der Waals surface area contributed by atoms with Crippen molar-refractivity contribution in [2.75, 3.05) is 10.2 Å². The lowest BCUT2D eigenvalue weighted by Gasteiger charge is -2.27. The molecular formula is C11H8N4O3. The van der Waals surface area contributed by atoms with E-state index in [-0.39, 0.29) is 11.5 Å². The molecule has 1 aromatic carbocycles. The first-order valence-corrected chi connectivity index (χ1v) is 5.18. The topological polar surface area (TPSA) is 98.1 Å². The van der Waals surface area contributed by atoms with Crippen molar-refractivity contribution < 1.29 is 4.79 Å². The van der Waals surface area contributed by atoms with E-state index in [0.29, 0.717) is 17.8 Å². The number of hydrogen-bond donors (Lipinski definition) is 3. The van der Waals surface area contributed by atoms with Gasteiger partial charge in [0, 0.05) is 0 Å². The summed E-state index contributed by atoms with van der Waals surface area (Å²) in [5, 5.41) is 2.91. The van der Waals surface area contributed by atoms with Crippen LogP contribution < -0.4 is 21.5 Å². The first-order valence-electron chi connectivity index (χ1n) is 5.18. The fourth-order valence-corrected chi connectivity index (χ4v) is 1.95. The lowest BCUT2D eigenvalue weighted by molar-refractivity contribution is -0.106. The lowest BCUT2D eigenvalue weighted by Crippen LogP contribution is -2.33. The van der Waals surface area contributed by atoms with Crippen LogP contribution in [-0.4, -0.2) is 16.4 Å². The van der Waals surface area contributed by atoms with Crippen molar-refractivity contribution in [1.82, 2.24) is 9.97 Å². The minimum absolute atomic E-state index is 0.0725. The Morgan fingerprint density at radius 3 is 2.67 bits per heavy atom. The molecule has 0 radical (unpaired) electrons. The van der Waals surface area contributed by atoms with Gasteiger partial charge in [0.05, 0.1) is 11.4 Å². The molecule has 1 aliphatic rings. The largest absolute Gasteiger partial charge is 0.338 e. The van der Waals surface area contributed by atoms with E-state index in [2.05, 4.69) is 15.3 Å².